The van der Waals surface area contributed by atoms with Gasteiger partial charge >= 0.3 is 0 Å². The van der Waals surface area contributed by atoms with E-state index in [4.69, 9.17) is 0 Å². The smallest absolute Gasteiger partial charge is 0.286 e. The summed E-state index contributed by atoms with van der Waals surface area (Å²) in [7, 11) is 2.19. The zero-order chi connectivity index (χ0) is 12.5. The molecule has 1 aliphatic rings. The number of nitrogens with zero attached hydrogens (tertiary/aromatic N) is 3. The highest BCUT2D eigenvalue weighted by Gasteiger charge is 2.38. The van der Waals surface area contributed by atoms with Crippen LogP contribution in [0.3, 0.4) is 0 Å². The van der Waals surface area contributed by atoms with E-state index in [0.29, 0.717) is 25.1 Å². The van der Waals surface area contributed by atoms with Crippen molar-refractivity contribution in [2.24, 2.45) is 0 Å². The van der Waals surface area contributed by atoms with Crippen LogP contribution >= 0.6 is 0 Å². The van der Waals surface area contributed by atoms with Crippen molar-refractivity contribution in [3.8, 4) is 0 Å². The van der Waals surface area contributed by atoms with Gasteiger partial charge < -0.3 is 14.2 Å². The van der Waals surface area contributed by atoms with Crippen LogP contribution in [0.15, 0.2) is 0 Å². The zero-order valence-electron chi connectivity index (χ0n) is 12.1. The molecular weight excluding hydrogens is 195 g/mol. The van der Waals surface area contributed by atoms with Crippen LogP contribution in [0.5, 0.6) is 0 Å². The van der Waals surface area contributed by atoms with E-state index in [1.165, 1.54) is 0 Å². The lowest BCUT2D eigenvalue weighted by Gasteiger charge is -2.49. The number of rotatable bonds is 3. The predicted molar refractivity (Wildman–Crippen MR) is 76.8 cm³/mol. The molecule has 0 aliphatic carbocycles. The molecule has 6 heteroatoms. The van der Waals surface area contributed by atoms with Gasteiger partial charge in [0.1, 0.15) is 0 Å². The minimum absolute atomic E-state index is 0.551. The Balaban J connectivity index is 2.80. The van der Waals surface area contributed by atoms with Crippen molar-refractivity contribution in [3.63, 3.8) is 0 Å². The summed E-state index contributed by atoms with van der Waals surface area (Å²) in [5, 5.41) is 0. The summed E-state index contributed by atoms with van der Waals surface area (Å²) >= 11 is 0. The Morgan fingerprint density at radius 2 is 1.12 bits per heavy atom. The Morgan fingerprint density at radius 1 is 0.750 bits per heavy atom. The first-order valence-electron chi connectivity index (χ1n) is 6.60. The Bertz CT molecular complexity index is 205. The minimum Gasteiger partial charge on any atom is -0.361 e. The fourth-order valence-electron chi connectivity index (χ4n) is 2.41. The van der Waals surface area contributed by atoms with Gasteiger partial charge in [0, 0.05) is 0 Å². The van der Waals surface area contributed by atoms with Gasteiger partial charge in [-0.25, -0.2) is 0 Å². The Morgan fingerprint density at radius 3 is 1.38 bits per heavy atom. The molecular formula is C10H26B3N3. The first-order valence-corrected chi connectivity index (χ1v) is 6.60. The van der Waals surface area contributed by atoms with Crippen LogP contribution in [-0.4, -0.2) is 54.4 Å². The van der Waals surface area contributed by atoms with Crippen molar-refractivity contribution in [3.05, 3.63) is 0 Å². The van der Waals surface area contributed by atoms with Crippen molar-refractivity contribution in [2.75, 3.05) is 0 Å². The van der Waals surface area contributed by atoms with E-state index in [1.54, 1.807) is 0 Å². The molecule has 1 fully saturated rings. The quantitative estimate of drug-likeness (QED) is 0.651. The summed E-state index contributed by atoms with van der Waals surface area (Å²) in [4.78, 5) is 0. The standard InChI is InChI=1S/C10H26B3N3/c1-8(2)14-11-15(9(3)4)13(7)16(12-14)10(5)6/h8-12H,1-7H3. The van der Waals surface area contributed by atoms with E-state index in [0.717, 1.165) is 15.1 Å². The predicted octanol–water partition coefficient (Wildman–Crippen LogP) is 0.782. The average molecular weight is 221 g/mol. The highest BCUT2D eigenvalue weighted by molar-refractivity contribution is 6.73. The third kappa shape index (κ3) is 3.05. The van der Waals surface area contributed by atoms with Gasteiger partial charge in [-0.1, -0.05) is 48.4 Å². The summed E-state index contributed by atoms with van der Waals surface area (Å²) in [5.41, 5.74) is 0. The second-order valence-corrected chi connectivity index (χ2v) is 5.81. The van der Waals surface area contributed by atoms with Crippen LogP contribution in [-0.2, 0) is 0 Å². The van der Waals surface area contributed by atoms with Crippen LogP contribution in [0, 0.1) is 0 Å². The minimum atomic E-state index is 0.551. The van der Waals surface area contributed by atoms with E-state index in [1.807, 2.05) is 0 Å². The molecule has 0 aromatic heterocycles. The zero-order valence-corrected chi connectivity index (χ0v) is 12.1. The molecule has 0 amide bonds. The first-order chi connectivity index (χ1) is 7.34. The monoisotopic (exact) mass is 221 g/mol. The Hall–Kier alpha value is 0.0748. The average Bonchev–Trinajstić information content (AvgIpc) is 2.16. The molecule has 1 aliphatic heterocycles. The highest BCUT2D eigenvalue weighted by Crippen LogP contribution is 2.16. The van der Waals surface area contributed by atoms with Gasteiger partial charge in [-0.15, -0.1) is 0 Å². The number of hydrogen-bond donors (Lipinski definition) is 0. The molecule has 0 saturated carbocycles. The molecule has 0 N–H and O–H groups in total. The molecule has 1 rings (SSSR count). The molecule has 0 spiro atoms. The molecule has 1 saturated heterocycles. The summed E-state index contributed by atoms with van der Waals surface area (Å²) in [6.07, 6.45) is 0. The molecule has 90 valence electrons. The van der Waals surface area contributed by atoms with E-state index < -0.39 is 0 Å². The second-order valence-electron chi connectivity index (χ2n) is 5.81. The van der Waals surface area contributed by atoms with E-state index in [9.17, 15) is 0 Å². The molecule has 16 heavy (non-hydrogen) atoms. The van der Waals surface area contributed by atoms with Crippen molar-refractivity contribution < 1.29 is 0 Å². The van der Waals surface area contributed by atoms with Gasteiger partial charge in [0.05, 0.1) is 0 Å². The lowest BCUT2D eigenvalue weighted by molar-refractivity contribution is 0.373. The molecule has 0 aromatic carbocycles. The van der Waals surface area contributed by atoms with Crippen LogP contribution in [0.1, 0.15) is 41.5 Å². The lowest BCUT2D eigenvalue weighted by Crippen LogP contribution is -2.70. The maximum absolute atomic E-state index is 2.57. The molecule has 0 radical (unpaired) electrons. The molecule has 3 nitrogen and oxygen atoms in total. The molecule has 0 unspecified atom stereocenters. The van der Waals surface area contributed by atoms with Gasteiger partial charge in [-0.3, -0.25) is 0 Å². The highest BCUT2D eigenvalue weighted by atomic mass is 15.3. The van der Waals surface area contributed by atoms with Crippen LogP contribution in [0.2, 0.25) is 6.82 Å². The number of hydrogen-bond acceptors (Lipinski definition) is 3. The third-order valence-corrected chi connectivity index (χ3v) is 3.71. The van der Waals surface area contributed by atoms with E-state index >= 15 is 0 Å². The summed E-state index contributed by atoms with van der Waals surface area (Å²) in [6.45, 7) is 16.6. The Labute approximate surface area is 103 Å². The molecule has 0 bridgehead atoms. The Kier molecular flexibility index (Phi) is 4.96. The van der Waals surface area contributed by atoms with Crippen molar-refractivity contribution >= 4 is 22.1 Å². The molecule has 0 aromatic rings. The van der Waals surface area contributed by atoms with Crippen molar-refractivity contribution in [1.29, 1.82) is 0 Å². The maximum atomic E-state index is 2.57. The summed E-state index contributed by atoms with van der Waals surface area (Å²) in [5.74, 6) is 0. The van der Waals surface area contributed by atoms with Gasteiger partial charge in [0.2, 0.25) is 0 Å². The van der Waals surface area contributed by atoms with Crippen LogP contribution in [0.25, 0.3) is 0 Å². The van der Waals surface area contributed by atoms with Gasteiger partial charge in [-0.05, 0) is 18.1 Å². The van der Waals surface area contributed by atoms with Gasteiger partial charge in [-0.2, -0.15) is 0 Å². The van der Waals surface area contributed by atoms with Crippen LogP contribution in [0.4, 0.5) is 0 Å². The third-order valence-electron chi connectivity index (χ3n) is 3.71. The fourth-order valence-corrected chi connectivity index (χ4v) is 2.41. The fraction of sp³-hybridized carbons (Fsp3) is 1.00. The van der Waals surface area contributed by atoms with E-state index in [2.05, 4.69) is 62.5 Å². The SMILES string of the molecule is CB1N(C(C)C)BN(C(C)C)BN1C(C)C. The van der Waals surface area contributed by atoms with E-state index in [-0.39, 0.29) is 0 Å². The summed E-state index contributed by atoms with van der Waals surface area (Å²) < 4.78 is 7.69. The molecule has 0 atom stereocenters. The van der Waals surface area contributed by atoms with Gasteiger partial charge in [0.15, 0.2) is 0 Å². The largest absolute Gasteiger partial charge is 0.361 e. The summed E-state index contributed by atoms with van der Waals surface area (Å²) in [6, 6.07) is 1.84. The normalized spacial score (nSPS) is 20.8. The van der Waals surface area contributed by atoms with Gasteiger partial charge in [0.25, 0.3) is 22.1 Å². The van der Waals surface area contributed by atoms with Crippen molar-refractivity contribution in [2.45, 2.75) is 66.5 Å². The second kappa shape index (κ2) is 5.61. The van der Waals surface area contributed by atoms with Crippen molar-refractivity contribution in [1.82, 2.24) is 14.2 Å². The lowest BCUT2D eigenvalue weighted by atomic mass is 9.57. The molecule has 1 heterocycles. The van der Waals surface area contributed by atoms with Crippen LogP contribution < -0.4 is 0 Å². The topological polar surface area (TPSA) is 9.72 Å². The maximum Gasteiger partial charge on any atom is 0.286 e. The first kappa shape index (κ1) is 14.1.